The van der Waals surface area contributed by atoms with Gasteiger partial charge in [-0.3, -0.25) is 0 Å². The van der Waals surface area contributed by atoms with Gasteiger partial charge in [0.05, 0.1) is 19.8 Å². The lowest BCUT2D eigenvalue weighted by atomic mass is 10.2. The summed E-state index contributed by atoms with van der Waals surface area (Å²) in [5.41, 5.74) is 2.00. The lowest BCUT2D eigenvalue weighted by Crippen LogP contribution is -2.30. The molecule has 2 aromatic carbocycles. The highest BCUT2D eigenvalue weighted by atomic mass is 127. The third-order valence-electron chi connectivity index (χ3n) is 4.28. The predicted molar refractivity (Wildman–Crippen MR) is 141 cm³/mol. The van der Waals surface area contributed by atoms with Crippen LogP contribution in [0.25, 0.3) is 0 Å². The molecule has 7 nitrogen and oxygen atoms in total. The fourth-order valence-corrected chi connectivity index (χ4v) is 2.80. The van der Waals surface area contributed by atoms with Crippen LogP contribution in [0.1, 0.15) is 25.3 Å². The first-order chi connectivity index (χ1) is 15.2. The highest BCUT2D eigenvalue weighted by Crippen LogP contribution is 2.18. The molecule has 8 heteroatoms. The van der Waals surface area contributed by atoms with E-state index in [2.05, 4.69) is 10.6 Å². The fraction of sp³-hybridized carbons (Fsp3) is 0.458. The van der Waals surface area contributed by atoms with E-state index in [1.165, 1.54) is 0 Å². The zero-order chi connectivity index (χ0) is 22.2. The molecule has 0 aromatic heterocycles. The Labute approximate surface area is 208 Å². The molecule has 0 atom stereocenters. The van der Waals surface area contributed by atoms with Crippen LogP contribution in [0.5, 0.6) is 11.5 Å². The summed E-state index contributed by atoms with van der Waals surface area (Å²) in [4.78, 5) is 4.71. The minimum atomic E-state index is 0. The van der Waals surface area contributed by atoms with E-state index in [0.717, 1.165) is 42.1 Å². The zero-order valence-electron chi connectivity index (χ0n) is 19.3. The highest BCUT2D eigenvalue weighted by Gasteiger charge is 2.03. The molecule has 2 aromatic rings. The van der Waals surface area contributed by atoms with E-state index in [-0.39, 0.29) is 24.0 Å². The standard InChI is InChI=1S/C24H35N3O4.HI/c1-4-25-24(27-21-10-6-12-23(18-21)31-16-8-14-29-3)26-19-20-9-5-11-22(17-20)30-15-7-13-28-2;/h5-6,9-12,17-18H,4,7-8,13-16,19H2,1-3H3,(H2,25,26,27);1H. The van der Waals surface area contributed by atoms with E-state index < -0.39 is 0 Å². The highest BCUT2D eigenvalue weighted by molar-refractivity contribution is 14.0. The van der Waals surface area contributed by atoms with Crippen LogP contribution in [-0.2, 0) is 16.0 Å². The van der Waals surface area contributed by atoms with Crippen molar-refractivity contribution in [3.8, 4) is 11.5 Å². The quantitative estimate of drug-likeness (QED) is 0.152. The summed E-state index contributed by atoms with van der Waals surface area (Å²) < 4.78 is 21.7. The SMILES string of the molecule is CCNC(=NCc1cccc(OCCCOC)c1)Nc1cccc(OCCCOC)c1.I. The number of benzene rings is 2. The van der Waals surface area contributed by atoms with Crippen LogP contribution in [0.2, 0.25) is 0 Å². The first kappa shape index (κ1) is 28.0. The van der Waals surface area contributed by atoms with Gasteiger partial charge in [0.2, 0.25) is 0 Å². The maximum Gasteiger partial charge on any atom is 0.196 e. The summed E-state index contributed by atoms with van der Waals surface area (Å²) in [5.74, 6) is 2.38. The number of ether oxygens (including phenoxy) is 4. The topological polar surface area (TPSA) is 73.3 Å². The van der Waals surface area contributed by atoms with Crippen molar-refractivity contribution < 1.29 is 18.9 Å². The Morgan fingerprint density at radius 1 is 0.844 bits per heavy atom. The van der Waals surface area contributed by atoms with Gasteiger partial charge in [-0.2, -0.15) is 0 Å². The van der Waals surface area contributed by atoms with Crippen LogP contribution in [0.3, 0.4) is 0 Å². The van der Waals surface area contributed by atoms with Crippen molar-refractivity contribution in [2.75, 3.05) is 52.5 Å². The van der Waals surface area contributed by atoms with Gasteiger partial charge in [-0.25, -0.2) is 4.99 Å². The normalized spacial score (nSPS) is 10.9. The van der Waals surface area contributed by atoms with Crippen LogP contribution >= 0.6 is 24.0 Å². The summed E-state index contributed by atoms with van der Waals surface area (Å²) in [6.07, 6.45) is 1.72. The summed E-state index contributed by atoms with van der Waals surface area (Å²) >= 11 is 0. The molecule has 0 radical (unpaired) electrons. The molecule has 0 heterocycles. The Balaban J connectivity index is 0.00000512. The predicted octanol–water partition coefficient (Wildman–Crippen LogP) is 4.71. The van der Waals surface area contributed by atoms with Crippen LogP contribution in [-0.4, -0.2) is 53.2 Å². The molecule has 0 saturated heterocycles. The van der Waals surface area contributed by atoms with E-state index in [0.29, 0.717) is 38.9 Å². The maximum atomic E-state index is 5.78. The second-order valence-corrected chi connectivity index (χ2v) is 6.89. The van der Waals surface area contributed by atoms with E-state index in [1.807, 2.05) is 55.5 Å². The third-order valence-corrected chi connectivity index (χ3v) is 4.28. The molecule has 0 unspecified atom stereocenters. The largest absolute Gasteiger partial charge is 0.493 e. The summed E-state index contributed by atoms with van der Waals surface area (Å²) in [7, 11) is 3.39. The van der Waals surface area contributed by atoms with Gasteiger partial charge in [0.15, 0.2) is 5.96 Å². The Morgan fingerprint density at radius 2 is 1.47 bits per heavy atom. The van der Waals surface area contributed by atoms with Gasteiger partial charge in [0.1, 0.15) is 11.5 Å². The molecule has 178 valence electrons. The number of nitrogens with zero attached hydrogens (tertiary/aromatic N) is 1. The molecule has 32 heavy (non-hydrogen) atoms. The molecule has 0 aliphatic rings. The summed E-state index contributed by atoms with van der Waals surface area (Å²) in [6, 6.07) is 15.9. The minimum Gasteiger partial charge on any atom is -0.493 e. The second kappa shape index (κ2) is 17.5. The first-order valence-electron chi connectivity index (χ1n) is 10.7. The molecular formula is C24H36IN3O4. The molecule has 0 aliphatic heterocycles. The monoisotopic (exact) mass is 557 g/mol. The van der Waals surface area contributed by atoms with E-state index in [1.54, 1.807) is 14.2 Å². The molecule has 0 bridgehead atoms. The summed E-state index contributed by atoms with van der Waals surface area (Å²) in [5, 5.41) is 6.62. The lowest BCUT2D eigenvalue weighted by molar-refractivity contribution is 0.172. The van der Waals surface area contributed by atoms with Crippen molar-refractivity contribution >= 4 is 35.6 Å². The molecular weight excluding hydrogens is 521 g/mol. The lowest BCUT2D eigenvalue weighted by Gasteiger charge is -2.13. The van der Waals surface area contributed by atoms with Gasteiger partial charge < -0.3 is 29.6 Å². The molecule has 0 saturated carbocycles. The molecule has 2 rings (SSSR count). The average Bonchev–Trinajstić information content (AvgIpc) is 2.79. The van der Waals surface area contributed by atoms with Crippen molar-refractivity contribution in [3.05, 3.63) is 54.1 Å². The van der Waals surface area contributed by atoms with Gasteiger partial charge in [0, 0.05) is 58.6 Å². The number of guanidine groups is 1. The minimum absolute atomic E-state index is 0. The van der Waals surface area contributed by atoms with Gasteiger partial charge in [0.25, 0.3) is 0 Å². The number of hydrogen-bond acceptors (Lipinski definition) is 5. The van der Waals surface area contributed by atoms with Gasteiger partial charge in [-0.15, -0.1) is 24.0 Å². The van der Waals surface area contributed by atoms with E-state index >= 15 is 0 Å². The van der Waals surface area contributed by atoms with Gasteiger partial charge >= 0.3 is 0 Å². The zero-order valence-corrected chi connectivity index (χ0v) is 21.6. The molecule has 0 fully saturated rings. The first-order valence-corrected chi connectivity index (χ1v) is 10.7. The molecule has 2 N–H and O–H groups in total. The van der Waals surface area contributed by atoms with Crippen molar-refractivity contribution in [2.24, 2.45) is 4.99 Å². The number of nitrogens with one attached hydrogen (secondary N) is 2. The van der Waals surface area contributed by atoms with Crippen molar-refractivity contribution in [1.82, 2.24) is 5.32 Å². The molecule has 0 amide bonds. The van der Waals surface area contributed by atoms with Crippen molar-refractivity contribution in [2.45, 2.75) is 26.3 Å². The third kappa shape index (κ3) is 11.5. The number of aliphatic imine (C=N–C) groups is 1. The molecule has 0 aliphatic carbocycles. The van der Waals surface area contributed by atoms with Crippen molar-refractivity contribution in [3.63, 3.8) is 0 Å². The Kier molecular flexibility index (Phi) is 15.3. The Hall–Kier alpha value is -2.04. The smallest absolute Gasteiger partial charge is 0.196 e. The number of hydrogen-bond donors (Lipinski definition) is 2. The van der Waals surface area contributed by atoms with Gasteiger partial charge in [-0.05, 0) is 36.8 Å². The second-order valence-electron chi connectivity index (χ2n) is 6.89. The van der Waals surface area contributed by atoms with Crippen LogP contribution in [0.15, 0.2) is 53.5 Å². The van der Waals surface area contributed by atoms with E-state index in [9.17, 15) is 0 Å². The van der Waals surface area contributed by atoms with Gasteiger partial charge in [-0.1, -0.05) is 18.2 Å². The number of anilines is 1. The van der Waals surface area contributed by atoms with E-state index in [4.69, 9.17) is 23.9 Å². The van der Waals surface area contributed by atoms with Crippen LogP contribution in [0, 0.1) is 0 Å². The number of methoxy groups -OCH3 is 2. The molecule has 0 spiro atoms. The average molecular weight is 557 g/mol. The fourth-order valence-electron chi connectivity index (χ4n) is 2.80. The van der Waals surface area contributed by atoms with Crippen LogP contribution in [0.4, 0.5) is 5.69 Å². The Bertz CT molecular complexity index is 789. The number of rotatable bonds is 14. The van der Waals surface area contributed by atoms with Crippen molar-refractivity contribution in [1.29, 1.82) is 0 Å². The maximum absolute atomic E-state index is 5.78. The Morgan fingerprint density at radius 3 is 2.09 bits per heavy atom. The number of halogens is 1. The van der Waals surface area contributed by atoms with Crippen LogP contribution < -0.4 is 20.1 Å². The summed E-state index contributed by atoms with van der Waals surface area (Å²) in [6.45, 7) is 5.99.